The highest BCUT2D eigenvalue weighted by molar-refractivity contribution is 5.54. The highest BCUT2D eigenvalue weighted by Crippen LogP contribution is 2.27. The van der Waals surface area contributed by atoms with Crippen LogP contribution >= 0.6 is 0 Å². The lowest BCUT2D eigenvalue weighted by atomic mass is 10.2. The molecule has 1 fully saturated rings. The van der Waals surface area contributed by atoms with E-state index in [2.05, 4.69) is 4.98 Å². The third-order valence-electron chi connectivity index (χ3n) is 4.21. The van der Waals surface area contributed by atoms with Crippen LogP contribution in [0.4, 0.5) is 8.78 Å². The number of nitrogens with zero attached hydrogens (tertiary/aromatic N) is 2. The number of rotatable bonds is 5. The number of benzene rings is 1. The second-order valence-electron chi connectivity index (χ2n) is 6.61. The van der Waals surface area contributed by atoms with Crippen molar-refractivity contribution in [3.8, 4) is 11.5 Å². The standard InChI is InChI=1S/C18H22F2N2O3/c1-10(2)24-16-9-22(8-15(16)23)7-14-11(3)25-18(21-14)12-5-4-6-13(19)17(12)20/h4-6,10,15-16,23H,7-9H2,1-3H3/t15-,16-/m1/s1. The summed E-state index contributed by atoms with van der Waals surface area (Å²) < 4.78 is 38.5. The van der Waals surface area contributed by atoms with Crippen LogP contribution in [0.15, 0.2) is 22.6 Å². The summed E-state index contributed by atoms with van der Waals surface area (Å²) in [7, 11) is 0. The number of likely N-dealkylation sites (tertiary alicyclic amines) is 1. The molecule has 3 rings (SSSR count). The molecule has 2 aromatic rings. The molecule has 1 aliphatic rings. The zero-order chi connectivity index (χ0) is 18.1. The van der Waals surface area contributed by atoms with Crippen molar-refractivity contribution in [2.75, 3.05) is 13.1 Å². The molecule has 1 N–H and O–H groups in total. The van der Waals surface area contributed by atoms with E-state index >= 15 is 0 Å². The maximum atomic E-state index is 13.9. The summed E-state index contributed by atoms with van der Waals surface area (Å²) in [6, 6.07) is 3.90. The average Bonchev–Trinajstić information content (AvgIpc) is 3.05. The summed E-state index contributed by atoms with van der Waals surface area (Å²) >= 11 is 0. The molecular formula is C18H22F2N2O3. The molecule has 0 amide bonds. The van der Waals surface area contributed by atoms with Crippen LogP contribution in [0.1, 0.15) is 25.3 Å². The molecule has 0 unspecified atom stereocenters. The van der Waals surface area contributed by atoms with Crippen LogP contribution in [-0.4, -0.2) is 46.4 Å². The topological polar surface area (TPSA) is 58.7 Å². The second-order valence-corrected chi connectivity index (χ2v) is 6.61. The summed E-state index contributed by atoms with van der Waals surface area (Å²) in [5.41, 5.74) is 0.632. The average molecular weight is 352 g/mol. The van der Waals surface area contributed by atoms with E-state index in [0.717, 1.165) is 6.07 Å². The molecule has 2 atom stereocenters. The molecule has 1 saturated heterocycles. The smallest absolute Gasteiger partial charge is 0.229 e. The lowest BCUT2D eigenvalue weighted by Crippen LogP contribution is -2.29. The molecule has 136 valence electrons. The van der Waals surface area contributed by atoms with Crippen molar-refractivity contribution in [2.24, 2.45) is 0 Å². The lowest BCUT2D eigenvalue weighted by Gasteiger charge is -2.17. The van der Waals surface area contributed by atoms with Gasteiger partial charge in [0.2, 0.25) is 5.89 Å². The number of β-amino-alcohol motifs (C(OH)–C–C–N with tert-alkyl or cyclic N) is 1. The Hall–Kier alpha value is -1.83. The predicted molar refractivity (Wildman–Crippen MR) is 87.9 cm³/mol. The molecule has 0 aliphatic carbocycles. The van der Waals surface area contributed by atoms with Crippen molar-refractivity contribution in [1.29, 1.82) is 0 Å². The van der Waals surface area contributed by atoms with E-state index in [1.165, 1.54) is 12.1 Å². The van der Waals surface area contributed by atoms with Gasteiger partial charge in [-0.2, -0.15) is 0 Å². The van der Waals surface area contributed by atoms with E-state index in [-0.39, 0.29) is 23.7 Å². The van der Waals surface area contributed by atoms with Crippen LogP contribution in [0, 0.1) is 18.6 Å². The molecule has 7 heteroatoms. The van der Waals surface area contributed by atoms with Gasteiger partial charge in [-0.1, -0.05) is 6.07 Å². The fourth-order valence-corrected chi connectivity index (χ4v) is 3.02. The molecule has 0 saturated carbocycles. The number of aryl methyl sites for hydroxylation is 1. The molecule has 0 radical (unpaired) electrons. The number of aromatic nitrogens is 1. The Kier molecular flexibility index (Phi) is 5.17. The van der Waals surface area contributed by atoms with Crippen molar-refractivity contribution in [3.05, 3.63) is 41.3 Å². The first-order valence-electron chi connectivity index (χ1n) is 8.31. The fourth-order valence-electron chi connectivity index (χ4n) is 3.02. The fraction of sp³-hybridized carbons (Fsp3) is 0.500. The van der Waals surface area contributed by atoms with E-state index < -0.39 is 17.7 Å². The van der Waals surface area contributed by atoms with E-state index in [0.29, 0.717) is 31.1 Å². The minimum absolute atomic E-state index is 0.00294. The number of aliphatic hydroxyl groups is 1. The van der Waals surface area contributed by atoms with Gasteiger partial charge in [-0.05, 0) is 32.9 Å². The highest BCUT2D eigenvalue weighted by Gasteiger charge is 2.33. The Labute approximate surface area is 145 Å². The van der Waals surface area contributed by atoms with Gasteiger partial charge in [0.25, 0.3) is 0 Å². The third kappa shape index (κ3) is 3.89. The van der Waals surface area contributed by atoms with Crippen molar-refractivity contribution in [2.45, 2.75) is 45.6 Å². The van der Waals surface area contributed by atoms with E-state index in [1.807, 2.05) is 18.7 Å². The van der Waals surface area contributed by atoms with Crippen molar-refractivity contribution in [1.82, 2.24) is 9.88 Å². The van der Waals surface area contributed by atoms with Gasteiger partial charge < -0.3 is 14.3 Å². The molecule has 25 heavy (non-hydrogen) atoms. The molecular weight excluding hydrogens is 330 g/mol. The second kappa shape index (κ2) is 7.19. The summed E-state index contributed by atoms with van der Waals surface area (Å²) in [4.78, 5) is 6.33. The van der Waals surface area contributed by atoms with Crippen molar-refractivity contribution in [3.63, 3.8) is 0 Å². The normalized spacial score (nSPS) is 21.4. The third-order valence-corrected chi connectivity index (χ3v) is 4.21. The number of ether oxygens (including phenoxy) is 1. The zero-order valence-corrected chi connectivity index (χ0v) is 14.5. The minimum Gasteiger partial charge on any atom is -0.441 e. The number of oxazole rings is 1. The first-order valence-corrected chi connectivity index (χ1v) is 8.31. The summed E-state index contributed by atoms with van der Waals surface area (Å²) in [5.74, 6) is -1.32. The quantitative estimate of drug-likeness (QED) is 0.897. The van der Waals surface area contributed by atoms with E-state index in [4.69, 9.17) is 9.15 Å². The maximum Gasteiger partial charge on any atom is 0.229 e. The Morgan fingerprint density at radius 3 is 2.84 bits per heavy atom. The number of aliphatic hydroxyl groups excluding tert-OH is 1. The highest BCUT2D eigenvalue weighted by atomic mass is 19.2. The molecule has 5 nitrogen and oxygen atoms in total. The molecule has 1 aliphatic heterocycles. The first kappa shape index (κ1) is 18.0. The van der Waals surface area contributed by atoms with Gasteiger partial charge in [-0.25, -0.2) is 13.8 Å². The number of hydrogen-bond acceptors (Lipinski definition) is 5. The number of halogens is 2. The first-order chi connectivity index (χ1) is 11.8. The largest absolute Gasteiger partial charge is 0.441 e. The molecule has 1 aromatic heterocycles. The van der Waals surface area contributed by atoms with Crippen molar-refractivity contribution < 1.29 is 23.0 Å². The van der Waals surface area contributed by atoms with Gasteiger partial charge in [0.05, 0.1) is 29.6 Å². The van der Waals surface area contributed by atoms with Crippen LogP contribution in [0.5, 0.6) is 0 Å². The SMILES string of the molecule is Cc1oc(-c2cccc(F)c2F)nc1CN1C[C@@H](O)[C@H](OC(C)C)C1. The molecule has 2 heterocycles. The van der Waals surface area contributed by atoms with Crippen molar-refractivity contribution >= 4 is 0 Å². The van der Waals surface area contributed by atoms with Crippen LogP contribution in [0.3, 0.4) is 0 Å². The van der Waals surface area contributed by atoms with Gasteiger partial charge in [0.15, 0.2) is 11.6 Å². The van der Waals surface area contributed by atoms with E-state index in [9.17, 15) is 13.9 Å². The lowest BCUT2D eigenvalue weighted by molar-refractivity contribution is -0.0396. The van der Waals surface area contributed by atoms with E-state index in [1.54, 1.807) is 6.92 Å². The van der Waals surface area contributed by atoms with Crippen LogP contribution in [0.25, 0.3) is 11.5 Å². The Bertz CT molecular complexity index is 748. The summed E-state index contributed by atoms with van der Waals surface area (Å²) in [5, 5.41) is 10.1. The van der Waals surface area contributed by atoms with Gasteiger partial charge >= 0.3 is 0 Å². The van der Waals surface area contributed by atoms with Gasteiger partial charge in [-0.15, -0.1) is 0 Å². The number of hydrogen-bond donors (Lipinski definition) is 1. The Balaban J connectivity index is 1.75. The van der Waals surface area contributed by atoms with Gasteiger partial charge in [0, 0.05) is 19.6 Å². The maximum absolute atomic E-state index is 13.9. The van der Waals surface area contributed by atoms with Gasteiger partial charge in [0.1, 0.15) is 5.76 Å². The zero-order valence-electron chi connectivity index (χ0n) is 14.5. The predicted octanol–water partition coefficient (Wildman–Crippen LogP) is 2.90. The Morgan fingerprint density at radius 1 is 1.36 bits per heavy atom. The summed E-state index contributed by atoms with van der Waals surface area (Å²) in [6.07, 6.45) is -0.766. The molecule has 0 spiro atoms. The Morgan fingerprint density at radius 2 is 2.12 bits per heavy atom. The van der Waals surface area contributed by atoms with Crippen LogP contribution in [0.2, 0.25) is 0 Å². The molecule has 1 aromatic carbocycles. The minimum atomic E-state index is -0.975. The molecule has 0 bridgehead atoms. The van der Waals surface area contributed by atoms with Crippen LogP contribution in [-0.2, 0) is 11.3 Å². The van der Waals surface area contributed by atoms with Crippen LogP contribution < -0.4 is 0 Å². The summed E-state index contributed by atoms with van der Waals surface area (Å²) in [6.45, 7) is 7.08. The monoisotopic (exact) mass is 352 g/mol. The van der Waals surface area contributed by atoms with Gasteiger partial charge in [-0.3, -0.25) is 4.90 Å².